The average Bonchev–Trinajstić information content (AvgIpc) is 3.48. The summed E-state index contributed by atoms with van der Waals surface area (Å²) in [5.74, 6) is -0.352. The lowest BCUT2D eigenvalue weighted by Crippen LogP contribution is -2.10. The number of carbonyl (C=O) groups is 3. The van der Waals surface area contributed by atoms with Crippen LogP contribution in [-0.2, 0) is 13.1 Å². The lowest BCUT2D eigenvalue weighted by atomic mass is 10.1. The second-order valence-corrected chi connectivity index (χ2v) is 10.8. The van der Waals surface area contributed by atoms with E-state index in [0.717, 1.165) is 69.5 Å². The molecule has 2 aromatic heterocycles. The van der Waals surface area contributed by atoms with Crippen molar-refractivity contribution in [3.8, 4) is 6.07 Å². The summed E-state index contributed by atoms with van der Waals surface area (Å²) in [6.45, 7) is 9.21. The van der Waals surface area contributed by atoms with Gasteiger partial charge in [0.2, 0.25) is 5.91 Å². The largest absolute Gasteiger partial charge is 0.366 e. The second kappa shape index (κ2) is 11.9. The van der Waals surface area contributed by atoms with Crippen molar-refractivity contribution < 1.29 is 14.4 Å². The normalized spacial score (nSPS) is 11.0. The fraction of sp³-hybridized carbons (Fsp3) is 0.222. The quantitative estimate of drug-likeness (QED) is 0.198. The molecule has 2 heterocycles. The van der Waals surface area contributed by atoms with E-state index in [1.807, 2.05) is 66.7 Å². The fourth-order valence-corrected chi connectivity index (χ4v) is 5.80. The Morgan fingerprint density at radius 2 is 1.00 bits per heavy atom. The molecule has 0 aliphatic carbocycles. The Bertz CT molecular complexity index is 2040. The summed E-state index contributed by atoms with van der Waals surface area (Å²) in [6, 6.07) is 25.0. The monoisotopic (exact) mass is 570 g/mol. The molecule has 0 saturated carbocycles. The van der Waals surface area contributed by atoms with E-state index in [1.54, 1.807) is 19.9 Å². The SMILES string of the molecule is CCCn1c2ccc(C#N)cc2c2cc(C(C)=O)ccc21.CCCn1c2ccc(C(C)=O)cc2c2cc(C(N)=O)ccc21. The first kappa shape index (κ1) is 29.3. The molecule has 0 spiro atoms. The molecule has 43 heavy (non-hydrogen) atoms. The highest BCUT2D eigenvalue weighted by Gasteiger charge is 2.14. The van der Waals surface area contributed by atoms with Gasteiger partial charge in [0.05, 0.1) is 11.6 Å². The standard InChI is InChI=1S/C18H18N2O2.C18H16N2O/c1-3-8-20-16-6-4-12(11(2)21)9-14(16)15-10-13(18(19)22)5-7-17(15)20;1-3-8-20-17-6-4-13(11-19)9-15(17)16-10-14(12(2)21)5-7-18(16)20/h4-7,9-10H,3,8H2,1-2H3,(H2,19,22);4-7,9-10H,3,8H2,1-2H3. The van der Waals surface area contributed by atoms with E-state index in [1.165, 1.54) is 0 Å². The van der Waals surface area contributed by atoms with Crippen LogP contribution in [0.4, 0.5) is 0 Å². The number of fused-ring (bicyclic) bond motifs is 6. The summed E-state index contributed by atoms with van der Waals surface area (Å²) in [5, 5.41) is 13.1. The zero-order valence-corrected chi connectivity index (χ0v) is 24.9. The summed E-state index contributed by atoms with van der Waals surface area (Å²) in [6.07, 6.45) is 2.04. The molecule has 2 N–H and O–H groups in total. The van der Waals surface area contributed by atoms with Gasteiger partial charge >= 0.3 is 0 Å². The highest BCUT2D eigenvalue weighted by atomic mass is 16.1. The Labute approximate surface area is 250 Å². The maximum absolute atomic E-state index is 11.7. The number of nitrogens with two attached hydrogens (primary N) is 1. The van der Waals surface area contributed by atoms with Gasteiger partial charge < -0.3 is 14.9 Å². The summed E-state index contributed by atoms with van der Waals surface area (Å²) in [4.78, 5) is 34.7. The fourth-order valence-electron chi connectivity index (χ4n) is 5.80. The van der Waals surface area contributed by atoms with Gasteiger partial charge in [-0.2, -0.15) is 5.26 Å². The van der Waals surface area contributed by atoms with Crippen molar-refractivity contribution in [2.75, 3.05) is 0 Å². The third-order valence-electron chi connectivity index (χ3n) is 7.85. The van der Waals surface area contributed by atoms with Crippen molar-refractivity contribution in [1.82, 2.24) is 9.13 Å². The first-order valence-electron chi connectivity index (χ1n) is 14.5. The molecule has 0 unspecified atom stereocenters. The zero-order chi connectivity index (χ0) is 30.8. The number of Topliss-reactive ketones (excluding diaryl/α,β-unsaturated/α-hetero) is 2. The lowest BCUT2D eigenvalue weighted by Gasteiger charge is -2.05. The third kappa shape index (κ3) is 5.40. The number of hydrogen-bond acceptors (Lipinski definition) is 4. The molecule has 0 bridgehead atoms. The van der Waals surface area contributed by atoms with E-state index in [0.29, 0.717) is 22.3 Å². The van der Waals surface area contributed by atoms with Gasteiger partial charge in [0.1, 0.15) is 0 Å². The van der Waals surface area contributed by atoms with Crippen LogP contribution in [0.3, 0.4) is 0 Å². The van der Waals surface area contributed by atoms with Gasteiger partial charge in [0.25, 0.3) is 0 Å². The molecular formula is C36H34N4O3. The van der Waals surface area contributed by atoms with Crippen molar-refractivity contribution in [2.24, 2.45) is 5.73 Å². The zero-order valence-electron chi connectivity index (χ0n) is 24.9. The van der Waals surface area contributed by atoms with Crippen molar-refractivity contribution in [1.29, 1.82) is 5.26 Å². The number of ketones is 2. The van der Waals surface area contributed by atoms with Crippen LogP contribution < -0.4 is 5.73 Å². The molecule has 7 nitrogen and oxygen atoms in total. The van der Waals surface area contributed by atoms with Crippen LogP contribution in [0.2, 0.25) is 0 Å². The summed E-state index contributed by atoms with van der Waals surface area (Å²) < 4.78 is 4.48. The van der Waals surface area contributed by atoms with Crippen LogP contribution in [0, 0.1) is 11.3 Å². The predicted molar refractivity (Wildman–Crippen MR) is 173 cm³/mol. The topological polar surface area (TPSA) is 111 Å². The third-order valence-corrected chi connectivity index (χ3v) is 7.85. The number of carbonyl (C=O) groups excluding carboxylic acids is 3. The Morgan fingerprint density at radius 3 is 1.37 bits per heavy atom. The van der Waals surface area contributed by atoms with Crippen LogP contribution in [0.25, 0.3) is 43.6 Å². The highest BCUT2D eigenvalue weighted by Crippen LogP contribution is 2.32. The molecule has 6 aromatic rings. The van der Waals surface area contributed by atoms with E-state index in [9.17, 15) is 14.4 Å². The maximum Gasteiger partial charge on any atom is 0.248 e. The van der Waals surface area contributed by atoms with Crippen LogP contribution in [0.15, 0.2) is 72.8 Å². The minimum Gasteiger partial charge on any atom is -0.366 e. The lowest BCUT2D eigenvalue weighted by molar-refractivity contribution is 0.0995. The van der Waals surface area contributed by atoms with Gasteiger partial charge in [-0.3, -0.25) is 14.4 Å². The van der Waals surface area contributed by atoms with E-state index >= 15 is 0 Å². The molecule has 6 rings (SSSR count). The van der Waals surface area contributed by atoms with Crippen molar-refractivity contribution >= 4 is 61.1 Å². The predicted octanol–water partition coefficient (Wildman–Crippen LogP) is 7.78. The summed E-state index contributed by atoms with van der Waals surface area (Å²) in [7, 11) is 0. The molecule has 216 valence electrons. The first-order valence-corrected chi connectivity index (χ1v) is 14.5. The molecule has 0 atom stereocenters. The maximum atomic E-state index is 11.7. The molecule has 1 amide bonds. The van der Waals surface area contributed by atoms with Crippen LogP contribution in [0.5, 0.6) is 0 Å². The van der Waals surface area contributed by atoms with Gasteiger partial charge in [-0.1, -0.05) is 13.8 Å². The van der Waals surface area contributed by atoms with E-state index in [4.69, 9.17) is 11.0 Å². The molecule has 0 aliphatic rings. The number of aromatic nitrogens is 2. The number of nitrogens with zero attached hydrogens (tertiary/aromatic N) is 3. The number of nitriles is 1. The Morgan fingerprint density at radius 1 is 0.628 bits per heavy atom. The number of rotatable bonds is 7. The molecule has 0 saturated heterocycles. The number of hydrogen-bond donors (Lipinski definition) is 1. The average molecular weight is 571 g/mol. The van der Waals surface area contributed by atoms with Crippen molar-refractivity contribution in [2.45, 2.75) is 53.6 Å². The Hall–Kier alpha value is -5.22. The van der Waals surface area contributed by atoms with Gasteiger partial charge in [-0.15, -0.1) is 0 Å². The molecule has 0 radical (unpaired) electrons. The second-order valence-electron chi connectivity index (χ2n) is 10.8. The molecule has 4 aromatic carbocycles. The number of benzene rings is 4. The molecule has 7 heteroatoms. The van der Waals surface area contributed by atoms with E-state index in [2.05, 4.69) is 29.1 Å². The van der Waals surface area contributed by atoms with E-state index in [-0.39, 0.29) is 11.6 Å². The minimum absolute atomic E-state index is 0.0318. The van der Waals surface area contributed by atoms with Crippen LogP contribution in [0.1, 0.15) is 77.2 Å². The van der Waals surface area contributed by atoms with Crippen LogP contribution >= 0.6 is 0 Å². The Kier molecular flexibility index (Phi) is 8.13. The smallest absolute Gasteiger partial charge is 0.248 e. The van der Waals surface area contributed by atoms with Gasteiger partial charge in [-0.05, 0) is 99.5 Å². The molecular weight excluding hydrogens is 536 g/mol. The summed E-state index contributed by atoms with van der Waals surface area (Å²) in [5.41, 5.74) is 12.3. The van der Waals surface area contributed by atoms with Gasteiger partial charge in [-0.25, -0.2) is 0 Å². The first-order chi connectivity index (χ1) is 20.7. The van der Waals surface area contributed by atoms with Crippen molar-refractivity contribution in [3.05, 3.63) is 95.1 Å². The number of aryl methyl sites for hydroxylation is 2. The molecule has 0 fully saturated rings. The molecule has 0 aliphatic heterocycles. The van der Waals surface area contributed by atoms with Gasteiger partial charge in [0.15, 0.2) is 11.6 Å². The van der Waals surface area contributed by atoms with Gasteiger partial charge in [0, 0.05) is 73.4 Å². The van der Waals surface area contributed by atoms with E-state index < -0.39 is 5.91 Å². The minimum atomic E-state index is -0.444. The highest BCUT2D eigenvalue weighted by molar-refractivity contribution is 6.13. The van der Waals surface area contributed by atoms with Crippen LogP contribution in [-0.4, -0.2) is 26.6 Å². The summed E-state index contributed by atoms with van der Waals surface area (Å²) >= 11 is 0. The Balaban J connectivity index is 0.000000171. The number of primary amides is 1. The number of amides is 1. The van der Waals surface area contributed by atoms with Crippen molar-refractivity contribution in [3.63, 3.8) is 0 Å².